The molecule has 0 saturated heterocycles. The molecule has 3 aromatic carbocycles. The minimum Gasteiger partial charge on any atom is -0.478 e. The van der Waals surface area contributed by atoms with Crippen molar-refractivity contribution in [3.8, 4) is 0 Å². The molecular formula is C24H24Cl2N2O2. The predicted octanol–water partition coefficient (Wildman–Crippen LogP) is 6.31. The number of hydrogen-bond acceptors (Lipinski definition) is 3. The average Bonchev–Trinajstić information content (AvgIpc) is 2.74. The topological polar surface area (TPSA) is 43.8 Å². The first-order valence-corrected chi connectivity index (χ1v) is 10.3. The molecule has 0 saturated carbocycles. The van der Waals surface area contributed by atoms with Gasteiger partial charge in [-0.2, -0.15) is 0 Å². The van der Waals surface area contributed by atoms with Crippen LogP contribution in [-0.4, -0.2) is 32.2 Å². The van der Waals surface area contributed by atoms with Gasteiger partial charge in [0.2, 0.25) is 0 Å². The highest BCUT2D eigenvalue weighted by molar-refractivity contribution is 6.42. The van der Waals surface area contributed by atoms with Crippen molar-refractivity contribution in [2.75, 3.05) is 30.9 Å². The molecule has 0 fully saturated rings. The standard InChI is InChI=1S/C24H24Cl2N2O2/c1-27(2)19-11-13-23(20(15-19)24(29)30)28(3)18-9-6-16(7-10-18)4-5-17-8-12-21(25)22(26)14-17/h6-15H,4-5H2,1-3H3,(H,29,30). The Balaban J connectivity index is 1.75. The second kappa shape index (κ2) is 9.41. The molecule has 0 unspecified atom stereocenters. The molecule has 0 radical (unpaired) electrons. The molecule has 0 amide bonds. The lowest BCUT2D eigenvalue weighted by molar-refractivity contribution is 0.0697. The summed E-state index contributed by atoms with van der Waals surface area (Å²) in [6, 6.07) is 19.3. The molecule has 3 aromatic rings. The summed E-state index contributed by atoms with van der Waals surface area (Å²) in [4.78, 5) is 15.6. The Kier molecular flexibility index (Phi) is 6.91. The summed E-state index contributed by atoms with van der Waals surface area (Å²) in [5.41, 5.74) is 5.02. The molecule has 0 aliphatic heterocycles. The fourth-order valence-corrected chi connectivity index (χ4v) is 3.60. The third kappa shape index (κ3) is 5.07. The minimum absolute atomic E-state index is 0.271. The van der Waals surface area contributed by atoms with Crippen molar-refractivity contribution < 1.29 is 9.90 Å². The molecule has 0 heterocycles. The number of halogens is 2. The SMILES string of the molecule is CN(C)c1ccc(N(C)c2ccc(CCc3ccc(Cl)c(Cl)c3)cc2)c(C(=O)O)c1. The maximum Gasteiger partial charge on any atom is 0.337 e. The molecule has 4 nitrogen and oxygen atoms in total. The second-order valence-corrected chi connectivity index (χ2v) is 8.19. The number of carboxylic acids is 1. The molecule has 0 spiro atoms. The van der Waals surface area contributed by atoms with Crippen LogP contribution in [0.1, 0.15) is 21.5 Å². The van der Waals surface area contributed by atoms with Crippen molar-refractivity contribution in [2.45, 2.75) is 12.8 Å². The van der Waals surface area contributed by atoms with Crippen LogP contribution in [0.2, 0.25) is 10.0 Å². The number of hydrogen-bond donors (Lipinski definition) is 1. The van der Waals surface area contributed by atoms with Gasteiger partial charge in [0.05, 0.1) is 21.3 Å². The van der Waals surface area contributed by atoms with Gasteiger partial charge in [0.25, 0.3) is 0 Å². The quantitative estimate of drug-likeness (QED) is 0.465. The van der Waals surface area contributed by atoms with E-state index in [0.29, 0.717) is 15.7 Å². The molecule has 0 aliphatic rings. The summed E-state index contributed by atoms with van der Waals surface area (Å²) >= 11 is 12.1. The van der Waals surface area contributed by atoms with Crippen LogP contribution in [0, 0.1) is 0 Å². The van der Waals surface area contributed by atoms with E-state index >= 15 is 0 Å². The zero-order chi connectivity index (χ0) is 21.8. The first-order chi connectivity index (χ1) is 14.3. The van der Waals surface area contributed by atoms with E-state index in [1.54, 1.807) is 6.07 Å². The first kappa shape index (κ1) is 22.0. The van der Waals surface area contributed by atoms with Crippen molar-refractivity contribution >= 4 is 46.2 Å². The highest BCUT2D eigenvalue weighted by Crippen LogP contribution is 2.30. The zero-order valence-corrected chi connectivity index (χ0v) is 18.7. The van der Waals surface area contributed by atoms with Crippen molar-refractivity contribution in [1.29, 1.82) is 0 Å². The van der Waals surface area contributed by atoms with Crippen LogP contribution in [0.3, 0.4) is 0 Å². The largest absolute Gasteiger partial charge is 0.478 e. The van der Waals surface area contributed by atoms with Gasteiger partial charge in [-0.25, -0.2) is 4.79 Å². The Morgan fingerprint density at radius 3 is 2.00 bits per heavy atom. The summed E-state index contributed by atoms with van der Waals surface area (Å²) in [6.45, 7) is 0. The second-order valence-electron chi connectivity index (χ2n) is 7.37. The molecule has 0 aliphatic carbocycles. The van der Waals surface area contributed by atoms with E-state index in [9.17, 15) is 9.90 Å². The number of aromatic carboxylic acids is 1. The molecule has 156 valence electrons. The summed E-state index contributed by atoms with van der Waals surface area (Å²) in [6.07, 6.45) is 1.74. The fourth-order valence-electron chi connectivity index (χ4n) is 3.28. The normalized spacial score (nSPS) is 10.7. The molecule has 30 heavy (non-hydrogen) atoms. The lowest BCUT2D eigenvalue weighted by atomic mass is 10.0. The van der Waals surface area contributed by atoms with Gasteiger partial charge in [-0.3, -0.25) is 0 Å². The van der Waals surface area contributed by atoms with Gasteiger partial charge in [-0.15, -0.1) is 0 Å². The highest BCUT2D eigenvalue weighted by Gasteiger charge is 2.16. The van der Waals surface area contributed by atoms with E-state index in [0.717, 1.165) is 29.8 Å². The van der Waals surface area contributed by atoms with Crippen LogP contribution < -0.4 is 9.80 Å². The fraction of sp³-hybridized carbons (Fsp3) is 0.208. The van der Waals surface area contributed by atoms with Crippen LogP contribution in [0.5, 0.6) is 0 Å². The number of nitrogens with zero attached hydrogens (tertiary/aromatic N) is 2. The summed E-state index contributed by atoms with van der Waals surface area (Å²) in [7, 11) is 5.66. The van der Waals surface area contributed by atoms with Gasteiger partial charge >= 0.3 is 5.97 Å². The minimum atomic E-state index is -0.946. The van der Waals surface area contributed by atoms with E-state index in [1.807, 2.05) is 73.4 Å². The third-order valence-corrected chi connectivity index (χ3v) is 5.84. The molecular weight excluding hydrogens is 419 g/mol. The van der Waals surface area contributed by atoms with Gasteiger partial charge in [-0.05, 0) is 66.4 Å². The maximum absolute atomic E-state index is 11.8. The Morgan fingerprint density at radius 1 is 0.800 bits per heavy atom. The van der Waals surface area contributed by atoms with Crippen LogP contribution in [-0.2, 0) is 12.8 Å². The number of anilines is 3. The third-order valence-electron chi connectivity index (χ3n) is 5.10. The van der Waals surface area contributed by atoms with Crippen LogP contribution in [0.4, 0.5) is 17.1 Å². The van der Waals surface area contributed by atoms with E-state index in [1.165, 1.54) is 5.56 Å². The monoisotopic (exact) mass is 442 g/mol. The van der Waals surface area contributed by atoms with Gasteiger partial charge < -0.3 is 14.9 Å². The molecule has 6 heteroatoms. The molecule has 0 atom stereocenters. The Bertz CT molecular complexity index is 1050. The van der Waals surface area contributed by atoms with Crippen molar-refractivity contribution in [3.05, 3.63) is 87.4 Å². The highest BCUT2D eigenvalue weighted by atomic mass is 35.5. The zero-order valence-electron chi connectivity index (χ0n) is 17.2. The van der Waals surface area contributed by atoms with Crippen LogP contribution >= 0.6 is 23.2 Å². The van der Waals surface area contributed by atoms with Gasteiger partial charge in [-0.1, -0.05) is 41.4 Å². The molecule has 1 N–H and O–H groups in total. The summed E-state index contributed by atoms with van der Waals surface area (Å²) in [5.74, 6) is -0.946. The molecule has 0 aromatic heterocycles. The van der Waals surface area contributed by atoms with Crippen LogP contribution in [0.15, 0.2) is 60.7 Å². The van der Waals surface area contributed by atoms with Crippen molar-refractivity contribution in [3.63, 3.8) is 0 Å². The smallest absolute Gasteiger partial charge is 0.337 e. The van der Waals surface area contributed by atoms with Crippen molar-refractivity contribution in [1.82, 2.24) is 0 Å². The van der Waals surface area contributed by atoms with Crippen LogP contribution in [0.25, 0.3) is 0 Å². The van der Waals surface area contributed by atoms with Gasteiger partial charge in [0, 0.05) is 32.5 Å². The first-order valence-electron chi connectivity index (χ1n) is 9.57. The summed E-state index contributed by atoms with van der Waals surface area (Å²) < 4.78 is 0. The molecule has 3 rings (SSSR count). The molecule has 0 bridgehead atoms. The van der Waals surface area contributed by atoms with Gasteiger partial charge in [0.1, 0.15) is 0 Å². The Morgan fingerprint density at radius 2 is 1.40 bits per heavy atom. The lowest BCUT2D eigenvalue weighted by Gasteiger charge is -2.23. The number of benzene rings is 3. The number of aryl methyl sites for hydroxylation is 2. The Hall–Kier alpha value is -2.69. The predicted molar refractivity (Wildman–Crippen MR) is 126 cm³/mol. The van der Waals surface area contributed by atoms with E-state index in [-0.39, 0.29) is 5.56 Å². The van der Waals surface area contributed by atoms with E-state index in [2.05, 4.69) is 12.1 Å². The van der Waals surface area contributed by atoms with E-state index < -0.39 is 5.97 Å². The Labute approximate surface area is 187 Å². The average molecular weight is 443 g/mol. The number of rotatable bonds is 7. The van der Waals surface area contributed by atoms with E-state index in [4.69, 9.17) is 23.2 Å². The van der Waals surface area contributed by atoms with Crippen molar-refractivity contribution in [2.24, 2.45) is 0 Å². The number of carbonyl (C=O) groups is 1. The number of carboxylic acid groups (broad SMARTS) is 1. The van der Waals surface area contributed by atoms with Gasteiger partial charge in [0.15, 0.2) is 0 Å². The summed E-state index contributed by atoms with van der Waals surface area (Å²) in [5, 5.41) is 10.8. The lowest BCUT2D eigenvalue weighted by Crippen LogP contribution is -2.16. The maximum atomic E-state index is 11.8.